The molecule has 0 radical (unpaired) electrons. The van der Waals surface area contributed by atoms with Gasteiger partial charge in [0, 0.05) is 6.42 Å². The molecule has 3 saturated heterocycles. The summed E-state index contributed by atoms with van der Waals surface area (Å²) in [5.41, 5.74) is 0. The van der Waals surface area contributed by atoms with Crippen molar-refractivity contribution in [1.29, 1.82) is 0 Å². The van der Waals surface area contributed by atoms with E-state index < -0.39 is 124 Å². The first-order valence-electron chi connectivity index (χ1n) is 29.3. The summed E-state index contributed by atoms with van der Waals surface area (Å²) in [6, 6.07) is -0.877. The predicted octanol–water partition coefficient (Wildman–Crippen LogP) is 4.43. The fourth-order valence-corrected chi connectivity index (χ4v) is 10.3. The lowest BCUT2D eigenvalue weighted by atomic mass is 9.96. The van der Waals surface area contributed by atoms with Gasteiger partial charge in [-0.05, 0) is 12.8 Å². The van der Waals surface area contributed by atoms with Gasteiger partial charge in [0.2, 0.25) is 5.91 Å². The van der Waals surface area contributed by atoms with Crippen molar-refractivity contribution in [2.45, 2.75) is 317 Å². The van der Waals surface area contributed by atoms with Gasteiger partial charge in [0.15, 0.2) is 18.9 Å². The monoisotopic (exact) mass is 1070 g/mol. The Bertz CT molecular complexity index is 1370. The second kappa shape index (κ2) is 40.0. The molecular weight excluding hydrogens is 963 g/mol. The van der Waals surface area contributed by atoms with Crippen LogP contribution in [0.4, 0.5) is 0 Å². The fourth-order valence-electron chi connectivity index (χ4n) is 10.3. The fraction of sp³-hybridized carbons (Fsp3) is 0.982. The molecule has 3 fully saturated rings. The van der Waals surface area contributed by atoms with Crippen molar-refractivity contribution in [3.05, 3.63) is 0 Å². The van der Waals surface area contributed by atoms with Gasteiger partial charge < -0.3 is 89.9 Å². The maximum Gasteiger partial charge on any atom is 0.220 e. The third kappa shape index (κ3) is 24.4. The number of aliphatic hydroxyl groups is 11. The van der Waals surface area contributed by atoms with E-state index >= 15 is 0 Å². The van der Waals surface area contributed by atoms with Gasteiger partial charge in [-0.3, -0.25) is 4.79 Å². The molecule has 0 bridgehead atoms. The molecule has 0 spiro atoms. The van der Waals surface area contributed by atoms with Gasteiger partial charge >= 0.3 is 0 Å². The van der Waals surface area contributed by atoms with Crippen LogP contribution in [0.1, 0.15) is 213 Å². The van der Waals surface area contributed by atoms with Crippen LogP contribution >= 0.6 is 0 Å². The Balaban J connectivity index is 1.40. The molecule has 17 atom stereocenters. The smallest absolute Gasteiger partial charge is 0.220 e. The molecule has 19 heteroatoms. The molecule has 17 unspecified atom stereocenters. The van der Waals surface area contributed by atoms with Crippen LogP contribution in [0.15, 0.2) is 0 Å². The van der Waals surface area contributed by atoms with Crippen LogP contribution in [0.3, 0.4) is 0 Å². The molecule has 3 aliphatic rings. The summed E-state index contributed by atoms with van der Waals surface area (Å²) in [6.45, 7) is 1.72. The molecule has 0 aromatic rings. The van der Waals surface area contributed by atoms with Gasteiger partial charge in [0.1, 0.15) is 73.2 Å². The van der Waals surface area contributed by atoms with Crippen molar-refractivity contribution in [3.63, 3.8) is 0 Å². The van der Waals surface area contributed by atoms with Gasteiger partial charge in [-0.2, -0.15) is 0 Å². The maximum absolute atomic E-state index is 13.2. The molecule has 0 aliphatic carbocycles. The minimum absolute atomic E-state index is 0.244. The largest absolute Gasteiger partial charge is 0.394 e. The van der Waals surface area contributed by atoms with Crippen molar-refractivity contribution >= 4 is 5.91 Å². The van der Waals surface area contributed by atoms with Crippen LogP contribution in [-0.4, -0.2) is 193 Å². The first-order valence-corrected chi connectivity index (χ1v) is 29.3. The number of ether oxygens (including phenoxy) is 6. The standard InChI is InChI=1S/C55H105NO18/c1-3-5-7-9-11-12-13-14-15-16-17-18-19-20-21-22-23-24-25-26-27-29-31-33-43(61)56-38(39(60)32-30-28-10-8-6-4-2)37-69-53-49(67)46(64)51(41(35-58)71-53)74-55-50(68)47(65)52(42(36-59)72-55)73-54-48(66)45(63)44(62)40(34-57)70-54/h38-42,44-55,57-60,62-68H,3-37H2,1-2H3,(H,56,61). The number of unbranched alkanes of at least 4 members (excludes halogenated alkanes) is 27. The Hall–Kier alpha value is -1.21. The molecule has 3 rings (SSSR count). The zero-order chi connectivity index (χ0) is 54.1. The van der Waals surface area contributed by atoms with E-state index in [0.29, 0.717) is 12.8 Å². The zero-order valence-corrected chi connectivity index (χ0v) is 45.3. The van der Waals surface area contributed by atoms with E-state index in [4.69, 9.17) is 28.4 Å². The predicted molar refractivity (Wildman–Crippen MR) is 277 cm³/mol. The van der Waals surface area contributed by atoms with Crippen LogP contribution < -0.4 is 5.32 Å². The third-order valence-electron chi connectivity index (χ3n) is 15.2. The van der Waals surface area contributed by atoms with Gasteiger partial charge in [0.05, 0.1) is 38.6 Å². The van der Waals surface area contributed by atoms with Gasteiger partial charge in [-0.1, -0.05) is 194 Å². The lowest BCUT2D eigenvalue weighted by Gasteiger charge is -2.48. The van der Waals surface area contributed by atoms with Crippen molar-refractivity contribution in [2.75, 3.05) is 26.4 Å². The first kappa shape index (κ1) is 67.1. The summed E-state index contributed by atoms with van der Waals surface area (Å²) in [5, 5.41) is 120. The quantitative estimate of drug-likeness (QED) is 0.0376. The minimum atomic E-state index is -1.97. The maximum atomic E-state index is 13.2. The zero-order valence-electron chi connectivity index (χ0n) is 45.3. The lowest BCUT2D eigenvalue weighted by Crippen LogP contribution is -2.66. The number of hydrogen-bond donors (Lipinski definition) is 12. The minimum Gasteiger partial charge on any atom is -0.394 e. The van der Waals surface area contributed by atoms with Crippen LogP contribution in [-0.2, 0) is 33.2 Å². The van der Waals surface area contributed by atoms with E-state index in [2.05, 4.69) is 19.2 Å². The molecule has 74 heavy (non-hydrogen) atoms. The van der Waals surface area contributed by atoms with Crippen LogP contribution in [0.25, 0.3) is 0 Å². The Kier molecular flexibility index (Phi) is 36.3. The number of carbonyl (C=O) groups excluding carboxylic acids is 1. The molecular formula is C55H105NO18. The van der Waals surface area contributed by atoms with E-state index in [-0.39, 0.29) is 18.9 Å². The summed E-state index contributed by atoms with van der Waals surface area (Å²) in [7, 11) is 0. The number of rotatable bonds is 43. The molecule has 19 nitrogen and oxygen atoms in total. The van der Waals surface area contributed by atoms with E-state index in [1.807, 2.05) is 0 Å². The molecule has 12 N–H and O–H groups in total. The highest BCUT2D eigenvalue weighted by Crippen LogP contribution is 2.33. The molecule has 0 aromatic heterocycles. The molecule has 3 heterocycles. The van der Waals surface area contributed by atoms with Crippen LogP contribution in [0.2, 0.25) is 0 Å². The molecule has 0 aromatic carbocycles. The number of amides is 1. The Morgan fingerprint density at radius 1 is 0.432 bits per heavy atom. The number of aliphatic hydroxyl groups excluding tert-OH is 11. The Morgan fingerprint density at radius 3 is 1.18 bits per heavy atom. The topological polar surface area (TPSA) is 307 Å². The van der Waals surface area contributed by atoms with E-state index in [1.165, 1.54) is 122 Å². The Labute approximate surface area is 443 Å². The summed E-state index contributed by atoms with van der Waals surface area (Å²) in [4.78, 5) is 13.2. The van der Waals surface area contributed by atoms with Crippen molar-refractivity contribution in [1.82, 2.24) is 5.32 Å². The van der Waals surface area contributed by atoms with Crippen molar-refractivity contribution in [3.8, 4) is 0 Å². The van der Waals surface area contributed by atoms with E-state index in [9.17, 15) is 61.0 Å². The average molecular weight is 1070 g/mol. The van der Waals surface area contributed by atoms with Crippen LogP contribution in [0.5, 0.6) is 0 Å². The highest BCUT2D eigenvalue weighted by molar-refractivity contribution is 5.76. The Morgan fingerprint density at radius 2 is 0.770 bits per heavy atom. The molecule has 1 amide bonds. The lowest BCUT2D eigenvalue weighted by molar-refractivity contribution is -0.379. The summed E-state index contributed by atoms with van der Waals surface area (Å²) in [5.74, 6) is -0.244. The SMILES string of the molecule is CCCCCCCCCCCCCCCCCCCCCCCCCC(=O)NC(COC1OC(CO)C(OC2OC(CO)C(OC3OC(CO)C(O)C(O)C3O)C(O)C2O)C(O)C1O)C(O)CCCCCCCC. The third-order valence-corrected chi connectivity index (χ3v) is 15.2. The van der Waals surface area contributed by atoms with E-state index in [0.717, 1.165) is 57.8 Å². The average Bonchev–Trinajstić information content (AvgIpc) is 3.40. The molecule has 0 saturated carbocycles. The number of nitrogens with one attached hydrogen (secondary N) is 1. The highest BCUT2D eigenvalue weighted by atomic mass is 16.8. The van der Waals surface area contributed by atoms with Gasteiger partial charge in [-0.25, -0.2) is 0 Å². The molecule has 438 valence electrons. The van der Waals surface area contributed by atoms with Gasteiger partial charge in [0.25, 0.3) is 0 Å². The second-order valence-corrected chi connectivity index (χ2v) is 21.5. The van der Waals surface area contributed by atoms with Gasteiger partial charge in [-0.15, -0.1) is 0 Å². The van der Waals surface area contributed by atoms with E-state index in [1.54, 1.807) is 0 Å². The molecule has 3 aliphatic heterocycles. The van der Waals surface area contributed by atoms with Crippen LogP contribution in [0, 0.1) is 0 Å². The summed E-state index contributed by atoms with van der Waals surface area (Å²) < 4.78 is 34.1. The highest BCUT2D eigenvalue weighted by Gasteiger charge is 2.53. The first-order chi connectivity index (χ1) is 35.8. The summed E-state index contributed by atoms with van der Waals surface area (Å²) in [6.07, 6.45) is 9.75. The number of carbonyl (C=O) groups is 1. The normalized spacial score (nSPS) is 31.4. The van der Waals surface area contributed by atoms with Crippen molar-refractivity contribution in [2.24, 2.45) is 0 Å². The second-order valence-electron chi connectivity index (χ2n) is 21.5. The van der Waals surface area contributed by atoms with Crippen molar-refractivity contribution < 1.29 is 89.4 Å². The number of hydrogen-bond acceptors (Lipinski definition) is 18. The summed E-state index contributed by atoms with van der Waals surface area (Å²) >= 11 is 0.